The van der Waals surface area contributed by atoms with E-state index in [1.54, 1.807) is 19.2 Å². The summed E-state index contributed by atoms with van der Waals surface area (Å²) in [6.07, 6.45) is 3.83. The highest BCUT2D eigenvalue weighted by molar-refractivity contribution is 7.92. The first kappa shape index (κ1) is 21.2. The van der Waals surface area contributed by atoms with Crippen LogP contribution in [0.1, 0.15) is 30.0 Å². The van der Waals surface area contributed by atoms with Crippen LogP contribution in [0.4, 0.5) is 5.69 Å². The summed E-state index contributed by atoms with van der Waals surface area (Å²) in [6.45, 7) is -0.269. The highest BCUT2D eigenvalue weighted by Gasteiger charge is 2.26. The number of carbonyl (C=O) groups excluding carboxylic acids is 1. The van der Waals surface area contributed by atoms with Crippen molar-refractivity contribution in [2.24, 2.45) is 0 Å². The molecule has 0 aromatic heterocycles. The van der Waals surface area contributed by atoms with E-state index in [-0.39, 0.29) is 18.5 Å². The van der Waals surface area contributed by atoms with Crippen LogP contribution >= 0.6 is 0 Å². The van der Waals surface area contributed by atoms with Gasteiger partial charge in [-0.15, -0.1) is 0 Å². The lowest BCUT2D eigenvalue weighted by Crippen LogP contribution is -2.42. The molecule has 0 heterocycles. The van der Waals surface area contributed by atoms with Crippen molar-refractivity contribution in [2.75, 3.05) is 24.2 Å². The minimum absolute atomic E-state index is 0.143. The summed E-state index contributed by atoms with van der Waals surface area (Å²) < 4.78 is 31.7. The number of ether oxygens (including phenoxy) is 1. The van der Waals surface area contributed by atoms with Crippen molar-refractivity contribution in [3.8, 4) is 5.75 Å². The zero-order chi connectivity index (χ0) is 22.0. The van der Waals surface area contributed by atoms with Crippen molar-refractivity contribution >= 4 is 32.4 Å². The van der Waals surface area contributed by atoms with Gasteiger partial charge in [0.1, 0.15) is 12.3 Å². The Morgan fingerprint density at radius 3 is 2.68 bits per heavy atom. The van der Waals surface area contributed by atoms with Gasteiger partial charge in [0.05, 0.1) is 25.1 Å². The Hall–Kier alpha value is -3.06. The Morgan fingerprint density at radius 2 is 1.90 bits per heavy atom. The topological polar surface area (TPSA) is 75.7 Å². The molecular formula is C24H26N2O4S. The van der Waals surface area contributed by atoms with Crippen molar-refractivity contribution in [3.63, 3.8) is 0 Å². The molecule has 1 N–H and O–H groups in total. The summed E-state index contributed by atoms with van der Waals surface area (Å²) in [5.41, 5.74) is 2.73. The Kier molecular flexibility index (Phi) is 5.87. The zero-order valence-corrected chi connectivity index (χ0v) is 18.5. The number of anilines is 1. The van der Waals surface area contributed by atoms with E-state index in [0.29, 0.717) is 5.69 Å². The summed E-state index contributed by atoms with van der Waals surface area (Å²) >= 11 is 0. The van der Waals surface area contributed by atoms with Crippen LogP contribution < -0.4 is 14.4 Å². The molecule has 0 bridgehead atoms. The molecule has 1 aliphatic carbocycles. The number of amides is 1. The quantitative estimate of drug-likeness (QED) is 0.635. The summed E-state index contributed by atoms with van der Waals surface area (Å²) in [4.78, 5) is 13.0. The molecule has 1 unspecified atom stereocenters. The Bertz CT molecular complexity index is 1220. The maximum Gasteiger partial charge on any atom is 0.241 e. The van der Waals surface area contributed by atoms with Gasteiger partial charge in [-0.1, -0.05) is 42.5 Å². The van der Waals surface area contributed by atoms with Crippen LogP contribution in [0.15, 0.2) is 60.7 Å². The zero-order valence-electron chi connectivity index (χ0n) is 17.7. The monoisotopic (exact) mass is 438 g/mol. The second-order valence-electron chi connectivity index (χ2n) is 7.84. The van der Waals surface area contributed by atoms with Gasteiger partial charge < -0.3 is 10.1 Å². The van der Waals surface area contributed by atoms with Crippen molar-refractivity contribution in [1.29, 1.82) is 0 Å². The molecule has 3 aromatic carbocycles. The molecule has 162 valence electrons. The number of hydrogen-bond donors (Lipinski definition) is 1. The molecule has 31 heavy (non-hydrogen) atoms. The van der Waals surface area contributed by atoms with Crippen LogP contribution in [-0.2, 0) is 21.2 Å². The first-order valence-electron chi connectivity index (χ1n) is 10.3. The van der Waals surface area contributed by atoms with E-state index in [4.69, 9.17) is 4.74 Å². The third kappa shape index (κ3) is 4.51. The number of nitrogens with zero attached hydrogens (tertiary/aromatic N) is 1. The third-order valence-electron chi connectivity index (χ3n) is 5.72. The van der Waals surface area contributed by atoms with Crippen molar-refractivity contribution in [3.05, 3.63) is 71.8 Å². The maximum atomic E-state index is 13.0. The Balaban J connectivity index is 1.59. The molecule has 0 saturated heterocycles. The van der Waals surface area contributed by atoms with Gasteiger partial charge in [0.2, 0.25) is 15.9 Å². The smallest absolute Gasteiger partial charge is 0.241 e. The van der Waals surface area contributed by atoms with Gasteiger partial charge in [-0.25, -0.2) is 8.42 Å². The van der Waals surface area contributed by atoms with E-state index in [9.17, 15) is 13.2 Å². The highest BCUT2D eigenvalue weighted by Crippen LogP contribution is 2.33. The maximum absolute atomic E-state index is 13.0. The minimum Gasteiger partial charge on any atom is -0.497 e. The van der Waals surface area contributed by atoms with Crippen LogP contribution in [-0.4, -0.2) is 34.2 Å². The van der Waals surface area contributed by atoms with Crippen molar-refractivity contribution in [1.82, 2.24) is 5.32 Å². The molecular weight excluding hydrogens is 412 g/mol. The molecule has 3 aromatic rings. The predicted molar refractivity (Wildman–Crippen MR) is 123 cm³/mol. The molecule has 1 atom stereocenters. The number of nitrogens with one attached hydrogen (secondary N) is 1. The standard InChI is InChI=1S/C24H26N2O4S/c1-30-19-13-14-20-18(15-19)9-5-11-22(20)25-24(27)16-26(31(2,28)29)23-12-6-8-17-7-3-4-10-21(17)23/h3-4,6-8,10,12-15,22H,5,9,11,16H2,1-2H3,(H,25,27). The van der Waals surface area contributed by atoms with Gasteiger partial charge in [0.15, 0.2) is 0 Å². The lowest BCUT2D eigenvalue weighted by atomic mass is 9.87. The fraction of sp³-hybridized carbons (Fsp3) is 0.292. The first-order valence-corrected chi connectivity index (χ1v) is 12.1. The molecule has 0 spiro atoms. The fourth-order valence-corrected chi connectivity index (χ4v) is 5.11. The molecule has 1 aliphatic rings. The fourth-order valence-electron chi connectivity index (χ4n) is 4.24. The number of carbonyl (C=O) groups is 1. The molecule has 0 fully saturated rings. The summed E-state index contributed by atoms with van der Waals surface area (Å²) in [5, 5.41) is 4.76. The van der Waals surface area contributed by atoms with Gasteiger partial charge in [-0.2, -0.15) is 0 Å². The van der Waals surface area contributed by atoms with E-state index in [1.165, 1.54) is 4.31 Å². The first-order chi connectivity index (χ1) is 14.9. The lowest BCUT2D eigenvalue weighted by Gasteiger charge is -2.29. The third-order valence-corrected chi connectivity index (χ3v) is 6.85. The van der Waals surface area contributed by atoms with Crippen LogP contribution in [0.2, 0.25) is 0 Å². The van der Waals surface area contributed by atoms with Crippen LogP contribution in [0.25, 0.3) is 10.8 Å². The van der Waals surface area contributed by atoms with Crippen molar-refractivity contribution in [2.45, 2.75) is 25.3 Å². The average molecular weight is 439 g/mol. The Labute approximate surface area is 182 Å². The van der Waals surface area contributed by atoms with E-state index in [1.807, 2.05) is 48.5 Å². The molecule has 1 amide bonds. The second-order valence-corrected chi connectivity index (χ2v) is 9.75. The van der Waals surface area contributed by atoms with E-state index >= 15 is 0 Å². The largest absolute Gasteiger partial charge is 0.497 e. The number of rotatable bonds is 6. The van der Waals surface area contributed by atoms with Crippen molar-refractivity contribution < 1.29 is 17.9 Å². The average Bonchev–Trinajstić information content (AvgIpc) is 2.76. The number of hydrogen-bond acceptors (Lipinski definition) is 4. The molecule has 0 radical (unpaired) electrons. The predicted octanol–water partition coefficient (Wildman–Crippen LogP) is 3.81. The molecule has 6 nitrogen and oxygen atoms in total. The summed E-state index contributed by atoms with van der Waals surface area (Å²) in [7, 11) is -2.02. The number of aryl methyl sites for hydroxylation is 1. The van der Waals surface area contributed by atoms with Gasteiger partial charge in [-0.05, 0) is 54.0 Å². The van der Waals surface area contributed by atoms with Crippen LogP contribution in [0.5, 0.6) is 5.75 Å². The van der Waals surface area contributed by atoms with Crippen LogP contribution in [0, 0.1) is 0 Å². The molecule has 7 heteroatoms. The second kappa shape index (κ2) is 8.59. The van der Waals surface area contributed by atoms with Gasteiger partial charge in [0, 0.05) is 5.39 Å². The van der Waals surface area contributed by atoms with E-state index in [2.05, 4.69) is 5.32 Å². The lowest BCUT2D eigenvalue weighted by molar-refractivity contribution is -0.120. The SMILES string of the molecule is COc1ccc2c(c1)CCCC2NC(=O)CN(c1cccc2ccccc12)S(C)(=O)=O. The van der Waals surface area contributed by atoms with E-state index < -0.39 is 10.0 Å². The highest BCUT2D eigenvalue weighted by atomic mass is 32.2. The number of fused-ring (bicyclic) bond motifs is 2. The number of benzene rings is 3. The van der Waals surface area contributed by atoms with Gasteiger partial charge in [0.25, 0.3) is 0 Å². The normalized spacial score (nSPS) is 15.9. The minimum atomic E-state index is -3.66. The number of methoxy groups -OCH3 is 1. The summed E-state index contributed by atoms with van der Waals surface area (Å²) in [5.74, 6) is 0.469. The number of sulfonamides is 1. The summed E-state index contributed by atoms with van der Waals surface area (Å²) in [6, 6.07) is 18.8. The van der Waals surface area contributed by atoms with E-state index in [0.717, 1.165) is 53.2 Å². The van der Waals surface area contributed by atoms with Gasteiger partial charge in [-0.3, -0.25) is 9.10 Å². The Morgan fingerprint density at radius 1 is 1.13 bits per heavy atom. The molecule has 0 aliphatic heterocycles. The van der Waals surface area contributed by atoms with Gasteiger partial charge >= 0.3 is 0 Å². The molecule has 0 saturated carbocycles. The van der Waals surface area contributed by atoms with Crippen LogP contribution in [0.3, 0.4) is 0 Å². The molecule has 4 rings (SSSR count).